The van der Waals surface area contributed by atoms with Crippen LogP contribution in [0.4, 0.5) is 10.7 Å². The third-order valence-electron chi connectivity index (χ3n) is 3.88. The zero-order valence-corrected chi connectivity index (χ0v) is 15.1. The number of carbonyl (C=O) groups excluding carboxylic acids is 1. The monoisotopic (exact) mass is 320 g/mol. The fourth-order valence-corrected chi connectivity index (χ4v) is 2.78. The summed E-state index contributed by atoms with van der Waals surface area (Å²) in [6.45, 7) is 11.3. The van der Waals surface area contributed by atoms with Gasteiger partial charge in [-0.05, 0) is 53.5 Å². The van der Waals surface area contributed by atoms with Gasteiger partial charge in [-0.1, -0.05) is 0 Å². The van der Waals surface area contributed by atoms with Gasteiger partial charge in [-0.3, -0.25) is 0 Å². The number of aromatic nitrogens is 2. The standard InChI is InChI=1S/C17H28N4O2/c1-12-10-13(2)19-15(18-12)21-9-7-8-14(11-21)20(6)16(22)23-17(3,4)5/h10,14H,7-9,11H2,1-6H3. The van der Waals surface area contributed by atoms with E-state index in [0.717, 1.165) is 43.3 Å². The van der Waals surface area contributed by atoms with Crippen molar-refractivity contribution in [3.05, 3.63) is 17.5 Å². The highest BCUT2D eigenvalue weighted by atomic mass is 16.6. The van der Waals surface area contributed by atoms with Crippen molar-refractivity contribution in [2.24, 2.45) is 0 Å². The number of aryl methyl sites for hydroxylation is 2. The third-order valence-corrected chi connectivity index (χ3v) is 3.88. The van der Waals surface area contributed by atoms with Crippen molar-refractivity contribution < 1.29 is 9.53 Å². The molecule has 0 aromatic carbocycles. The summed E-state index contributed by atoms with van der Waals surface area (Å²) in [6.07, 6.45) is 1.70. The summed E-state index contributed by atoms with van der Waals surface area (Å²) < 4.78 is 5.47. The third kappa shape index (κ3) is 4.81. The Morgan fingerprint density at radius 1 is 1.30 bits per heavy atom. The van der Waals surface area contributed by atoms with Crippen molar-refractivity contribution >= 4 is 12.0 Å². The molecule has 6 nitrogen and oxygen atoms in total. The number of likely N-dealkylation sites (N-methyl/N-ethyl adjacent to an activating group) is 1. The zero-order valence-electron chi connectivity index (χ0n) is 15.1. The Labute approximate surface area is 138 Å². The molecule has 1 saturated heterocycles. The summed E-state index contributed by atoms with van der Waals surface area (Å²) >= 11 is 0. The van der Waals surface area contributed by atoms with Gasteiger partial charge in [0, 0.05) is 31.5 Å². The lowest BCUT2D eigenvalue weighted by Crippen LogP contribution is -2.50. The van der Waals surface area contributed by atoms with Gasteiger partial charge in [-0.25, -0.2) is 14.8 Å². The van der Waals surface area contributed by atoms with E-state index in [4.69, 9.17) is 4.74 Å². The average Bonchev–Trinajstić information content (AvgIpc) is 2.44. The molecule has 0 N–H and O–H groups in total. The zero-order chi connectivity index (χ0) is 17.2. The smallest absolute Gasteiger partial charge is 0.410 e. The second-order valence-corrected chi connectivity index (χ2v) is 7.28. The normalized spacial score (nSPS) is 18.7. The van der Waals surface area contributed by atoms with Crippen LogP contribution in [0.5, 0.6) is 0 Å². The molecule has 0 spiro atoms. The van der Waals surface area contributed by atoms with Gasteiger partial charge in [0.15, 0.2) is 0 Å². The van der Waals surface area contributed by atoms with Crippen LogP contribution in [-0.2, 0) is 4.74 Å². The second kappa shape index (κ2) is 6.72. The first-order chi connectivity index (χ1) is 10.7. The number of hydrogen-bond donors (Lipinski definition) is 0. The molecule has 2 rings (SSSR count). The summed E-state index contributed by atoms with van der Waals surface area (Å²) in [5, 5.41) is 0. The van der Waals surface area contributed by atoms with Gasteiger partial charge in [0.25, 0.3) is 0 Å². The summed E-state index contributed by atoms with van der Waals surface area (Å²) in [4.78, 5) is 25.2. The number of rotatable bonds is 2. The SMILES string of the molecule is Cc1cc(C)nc(N2CCCC(N(C)C(=O)OC(C)(C)C)C2)n1. The largest absolute Gasteiger partial charge is 0.444 e. The molecular formula is C17H28N4O2. The molecule has 0 saturated carbocycles. The predicted molar refractivity (Wildman–Crippen MR) is 90.7 cm³/mol. The maximum atomic E-state index is 12.3. The lowest BCUT2D eigenvalue weighted by molar-refractivity contribution is 0.0209. The maximum Gasteiger partial charge on any atom is 0.410 e. The Morgan fingerprint density at radius 2 is 1.91 bits per heavy atom. The van der Waals surface area contributed by atoms with Gasteiger partial charge in [0.2, 0.25) is 5.95 Å². The van der Waals surface area contributed by atoms with Gasteiger partial charge in [-0.2, -0.15) is 0 Å². The molecule has 1 amide bonds. The van der Waals surface area contributed by atoms with Crippen molar-refractivity contribution in [2.45, 2.75) is 59.1 Å². The van der Waals surface area contributed by atoms with Crippen LogP contribution in [0.2, 0.25) is 0 Å². The van der Waals surface area contributed by atoms with Crippen molar-refractivity contribution in [1.82, 2.24) is 14.9 Å². The van der Waals surface area contributed by atoms with Crippen LogP contribution >= 0.6 is 0 Å². The predicted octanol–water partition coefficient (Wildman–Crippen LogP) is 2.93. The Hall–Kier alpha value is -1.85. The van der Waals surface area contributed by atoms with Crippen LogP contribution in [0, 0.1) is 13.8 Å². The van der Waals surface area contributed by atoms with E-state index in [-0.39, 0.29) is 12.1 Å². The molecule has 1 aromatic rings. The van der Waals surface area contributed by atoms with E-state index in [1.54, 1.807) is 4.90 Å². The average molecular weight is 320 g/mol. The minimum absolute atomic E-state index is 0.114. The van der Waals surface area contributed by atoms with Crippen molar-refractivity contribution in [3.8, 4) is 0 Å². The Kier molecular flexibility index (Phi) is 5.12. The topological polar surface area (TPSA) is 58.6 Å². The van der Waals surface area contributed by atoms with Gasteiger partial charge < -0.3 is 14.5 Å². The van der Waals surface area contributed by atoms with Gasteiger partial charge in [-0.15, -0.1) is 0 Å². The maximum absolute atomic E-state index is 12.3. The highest BCUT2D eigenvalue weighted by molar-refractivity contribution is 5.68. The Balaban J connectivity index is 2.07. The molecule has 6 heteroatoms. The minimum Gasteiger partial charge on any atom is -0.444 e. The van der Waals surface area contributed by atoms with Crippen LogP contribution in [0.15, 0.2) is 6.07 Å². The molecule has 1 fully saturated rings. The first-order valence-electron chi connectivity index (χ1n) is 8.19. The highest BCUT2D eigenvalue weighted by Gasteiger charge is 2.30. The number of nitrogens with zero attached hydrogens (tertiary/aromatic N) is 4. The molecule has 0 aliphatic carbocycles. The van der Waals surface area contributed by atoms with E-state index in [9.17, 15) is 4.79 Å². The highest BCUT2D eigenvalue weighted by Crippen LogP contribution is 2.21. The summed E-state index contributed by atoms with van der Waals surface area (Å²) in [5.41, 5.74) is 1.46. The van der Waals surface area contributed by atoms with Crippen LogP contribution in [-0.4, -0.2) is 52.7 Å². The van der Waals surface area contributed by atoms with E-state index < -0.39 is 5.60 Å². The van der Waals surface area contributed by atoms with Crippen LogP contribution in [0.3, 0.4) is 0 Å². The molecule has 0 radical (unpaired) electrons. The second-order valence-electron chi connectivity index (χ2n) is 7.28. The van der Waals surface area contributed by atoms with E-state index in [2.05, 4.69) is 14.9 Å². The fraction of sp³-hybridized carbons (Fsp3) is 0.706. The van der Waals surface area contributed by atoms with Crippen LogP contribution in [0.25, 0.3) is 0 Å². The quantitative estimate of drug-likeness (QED) is 0.838. The van der Waals surface area contributed by atoms with Crippen LogP contribution < -0.4 is 4.90 Å². The number of anilines is 1. The molecule has 1 atom stereocenters. The summed E-state index contributed by atoms with van der Waals surface area (Å²) in [5.74, 6) is 0.754. The molecular weight excluding hydrogens is 292 g/mol. The molecule has 1 unspecified atom stereocenters. The van der Waals surface area contributed by atoms with Gasteiger partial charge in [0.1, 0.15) is 5.60 Å². The molecule has 1 aromatic heterocycles. The molecule has 2 heterocycles. The van der Waals surface area contributed by atoms with Crippen molar-refractivity contribution in [1.29, 1.82) is 0 Å². The molecule has 1 aliphatic heterocycles. The van der Waals surface area contributed by atoms with Crippen molar-refractivity contribution in [2.75, 3.05) is 25.0 Å². The number of hydrogen-bond acceptors (Lipinski definition) is 5. The first-order valence-corrected chi connectivity index (χ1v) is 8.19. The minimum atomic E-state index is -0.476. The van der Waals surface area contributed by atoms with Gasteiger partial charge >= 0.3 is 6.09 Å². The number of ether oxygens (including phenoxy) is 1. The first kappa shape index (κ1) is 17.5. The molecule has 1 aliphatic rings. The van der Waals surface area contributed by atoms with E-state index in [1.165, 1.54) is 0 Å². The number of amides is 1. The Morgan fingerprint density at radius 3 is 2.48 bits per heavy atom. The lowest BCUT2D eigenvalue weighted by Gasteiger charge is -2.38. The molecule has 128 valence electrons. The summed E-state index contributed by atoms with van der Waals surface area (Å²) in [7, 11) is 1.81. The number of carbonyl (C=O) groups is 1. The number of piperidine rings is 1. The van der Waals surface area contributed by atoms with E-state index in [0.29, 0.717) is 0 Å². The molecule has 23 heavy (non-hydrogen) atoms. The molecule has 0 bridgehead atoms. The van der Waals surface area contributed by atoms with E-state index >= 15 is 0 Å². The lowest BCUT2D eigenvalue weighted by atomic mass is 10.1. The summed E-state index contributed by atoms with van der Waals surface area (Å²) in [6, 6.07) is 2.08. The van der Waals surface area contributed by atoms with Crippen LogP contribution in [0.1, 0.15) is 45.0 Å². The van der Waals surface area contributed by atoms with Gasteiger partial charge in [0.05, 0.1) is 6.04 Å². The fourth-order valence-electron chi connectivity index (χ4n) is 2.78. The van der Waals surface area contributed by atoms with E-state index in [1.807, 2.05) is 47.7 Å². The van der Waals surface area contributed by atoms with Crippen molar-refractivity contribution in [3.63, 3.8) is 0 Å². The Bertz CT molecular complexity index is 548.